The maximum atomic E-state index is 9.35. The van der Waals surface area contributed by atoms with Crippen molar-refractivity contribution in [1.29, 1.82) is 0 Å². The third-order valence-electron chi connectivity index (χ3n) is 3.16. The number of hydrogen-bond acceptors (Lipinski definition) is 4. The van der Waals surface area contributed by atoms with Crippen LogP contribution in [0.3, 0.4) is 0 Å². The second-order valence-electron chi connectivity index (χ2n) is 5.15. The number of aromatic nitrogens is 1. The van der Waals surface area contributed by atoms with Gasteiger partial charge in [0.25, 0.3) is 0 Å². The van der Waals surface area contributed by atoms with Gasteiger partial charge in [0.05, 0.1) is 10.8 Å². The SMILES string of the molecule is Cc1ccc(-c2nc3c(OCC(C)O)cccc3s2)cc1. The third kappa shape index (κ3) is 3.06. The van der Waals surface area contributed by atoms with Crippen LogP contribution in [0.5, 0.6) is 5.75 Å². The summed E-state index contributed by atoms with van der Waals surface area (Å²) < 4.78 is 6.73. The zero-order valence-corrected chi connectivity index (χ0v) is 12.9. The number of thiazole rings is 1. The van der Waals surface area contributed by atoms with E-state index >= 15 is 0 Å². The normalized spacial score (nSPS) is 12.5. The predicted molar refractivity (Wildman–Crippen MR) is 87.0 cm³/mol. The van der Waals surface area contributed by atoms with Gasteiger partial charge in [0.2, 0.25) is 0 Å². The highest BCUT2D eigenvalue weighted by Crippen LogP contribution is 2.34. The Morgan fingerprint density at radius 3 is 2.67 bits per heavy atom. The van der Waals surface area contributed by atoms with E-state index in [9.17, 15) is 5.11 Å². The summed E-state index contributed by atoms with van der Waals surface area (Å²) in [4.78, 5) is 4.70. The minimum Gasteiger partial charge on any atom is -0.489 e. The molecule has 0 spiro atoms. The topological polar surface area (TPSA) is 42.4 Å². The zero-order chi connectivity index (χ0) is 14.8. The van der Waals surface area contributed by atoms with Gasteiger partial charge in [0.1, 0.15) is 22.9 Å². The highest BCUT2D eigenvalue weighted by atomic mass is 32.1. The molecule has 2 aromatic carbocycles. The summed E-state index contributed by atoms with van der Waals surface area (Å²) in [6.07, 6.45) is -0.490. The molecule has 0 aliphatic carbocycles. The Labute approximate surface area is 127 Å². The minimum atomic E-state index is -0.490. The van der Waals surface area contributed by atoms with Crippen LogP contribution in [0.4, 0.5) is 0 Å². The summed E-state index contributed by atoms with van der Waals surface area (Å²) in [7, 11) is 0. The summed E-state index contributed by atoms with van der Waals surface area (Å²) in [5.74, 6) is 0.725. The van der Waals surface area contributed by atoms with E-state index in [2.05, 4.69) is 31.2 Å². The molecule has 0 saturated heterocycles. The molecule has 1 atom stereocenters. The lowest BCUT2D eigenvalue weighted by molar-refractivity contribution is 0.123. The molecule has 0 saturated carbocycles. The van der Waals surface area contributed by atoms with Crippen LogP contribution in [0.2, 0.25) is 0 Å². The number of ether oxygens (including phenoxy) is 1. The summed E-state index contributed by atoms with van der Waals surface area (Å²) in [5.41, 5.74) is 3.21. The molecule has 0 aliphatic heterocycles. The largest absolute Gasteiger partial charge is 0.489 e. The number of rotatable bonds is 4. The van der Waals surface area contributed by atoms with E-state index in [0.29, 0.717) is 0 Å². The maximum absolute atomic E-state index is 9.35. The fourth-order valence-electron chi connectivity index (χ4n) is 2.07. The molecular weight excluding hydrogens is 282 g/mol. The Morgan fingerprint density at radius 2 is 1.95 bits per heavy atom. The Bertz CT molecular complexity index is 747. The Balaban J connectivity index is 1.99. The van der Waals surface area contributed by atoms with E-state index in [-0.39, 0.29) is 6.61 Å². The molecule has 0 radical (unpaired) electrons. The number of benzene rings is 2. The van der Waals surface area contributed by atoms with Gasteiger partial charge in [0.15, 0.2) is 0 Å². The van der Waals surface area contributed by atoms with Gasteiger partial charge in [-0.15, -0.1) is 11.3 Å². The standard InChI is InChI=1S/C17H17NO2S/c1-11-6-8-13(9-7-11)17-18-16-14(20-10-12(2)19)4-3-5-15(16)21-17/h3-9,12,19H,10H2,1-2H3. The van der Waals surface area contributed by atoms with Crippen molar-refractivity contribution in [3.63, 3.8) is 0 Å². The highest BCUT2D eigenvalue weighted by Gasteiger charge is 2.11. The zero-order valence-electron chi connectivity index (χ0n) is 12.0. The van der Waals surface area contributed by atoms with Crippen LogP contribution in [0.25, 0.3) is 20.8 Å². The first-order chi connectivity index (χ1) is 10.1. The molecule has 3 nitrogen and oxygen atoms in total. The molecule has 108 valence electrons. The Kier molecular flexibility index (Phi) is 3.90. The lowest BCUT2D eigenvalue weighted by Crippen LogP contribution is -2.12. The van der Waals surface area contributed by atoms with Gasteiger partial charge in [-0.1, -0.05) is 35.9 Å². The summed E-state index contributed by atoms with van der Waals surface area (Å²) >= 11 is 1.65. The van der Waals surface area contributed by atoms with Crippen molar-refractivity contribution in [2.75, 3.05) is 6.61 Å². The van der Waals surface area contributed by atoms with Gasteiger partial charge in [-0.25, -0.2) is 4.98 Å². The monoisotopic (exact) mass is 299 g/mol. The van der Waals surface area contributed by atoms with Crippen molar-refractivity contribution >= 4 is 21.6 Å². The van der Waals surface area contributed by atoms with Crippen molar-refractivity contribution in [3.8, 4) is 16.3 Å². The van der Waals surface area contributed by atoms with Crippen molar-refractivity contribution in [3.05, 3.63) is 48.0 Å². The predicted octanol–water partition coefficient (Wildman–Crippen LogP) is 4.03. The molecule has 1 aromatic heterocycles. The molecule has 1 N–H and O–H groups in total. The lowest BCUT2D eigenvalue weighted by Gasteiger charge is -2.07. The van der Waals surface area contributed by atoms with Crippen LogP contribution in [-0.4, -0.2) is 22.8 Å². The van der Waals surface area contributed by atoms with Crippen molar-refractivity contribution in [1.82, 2.24) is 4.98 Å². The van der Waals surface area contributed by atoms with Crippen LogP contribution in [0.1, 0.15) is 12.5 Å². The fraction of sp³-hybridized carbons (Fsp3) is 0.235. The first kappa shape index (κ1) is 14.0. The van der Waals surface area contributed by atoms with Crippen LogP contribution in [0, 0.1) is 6.92 Å². The summed E-state index contributed by atoms with van der Waals surface area (Å²) in [5, 5.41) is 10.3. The van der Waals surface area contributed by atoms with Crippen molar-refractivity contribution in [2.45, 2.75) is 20.0 Å². The average Bonchev–Trinajstić information content (AvgIpc) is 2.90. The second kappa shape index (κ2) is 5.84. The smallest absolute Gasteiger partial charge is 0.146 e. The van der Waals surface area contributed by atoms with E-state index in [1.165, 1.54) is 5.56 Å². The maximum Gasteiger partial charge on any atom is 0.146 e. The van der Waals surface area contributed by atoms with Gasteiger partial charge >= 0.3 is 0 Å². The number of aliphatic hydroxyl groups is 1. The lowest BCUT2D eigenvalue weighted by atomic mass is 10.2. The van der Waals surface area contributed by atoms with Crippen molar-refractivity contribution < 1.29 is 9.84 Å². The van der Waals surface area contributed by atoms with E-state index < -0.39 is 6.10 Å². The molecule has 0 fully saturated rings. The number of hydrogen-bond donors (Lipinski definition) is 1. The van der Waals surface area contributed by atoms with E-state index in [1.54, 1.807) is 18.3 Å². The second-order valence-corrected chi connectivity index (χ2v) is 6.18. The molecule has 1 unspecified atom stereocenters. The van der Waals surface area contributed by atoms with E-state index in [1.807, 2.05) is 18.2 Å². The van der Waals surface area contributed by atoms with Gasteiger partial charge in [-0.3, -0.25) is 0 Å². The number of aryl methyl sites for hydroxylation is 1. The molecule has 1 heterocycles. The number of aliphatic hydroxyl groups excluding tert-OH is 1. The van der Waals surface area contributed by atoms with E-state index in [4.69, 9.17) is 9.72 Å². The van der Waals surface area contributed by atoms with Crippen LogP contribution in [0.15, 0.2) is 42.5 Å². The molecule has 21 heavy (non-hydrogen) atoms. The quantitative estimate of drug-likeness (QED) is 0.791. The van der Waals surface area contributed by atoms with Gasteiger partial charge in [-0.05, 0) is 26.0 Å². The highest BCUT2D eigenvalue weighted by molar-refractivity contribution is 7.21. The van der Waals surface area contributed by atoms with E-state index in [0.717, 1.165) is 26.5 Å². The summed E-state index contributed by atoms with van der Waals surface area (Å²) in [6.45, 7) is 4.06. The molecule has 3 aromatic rings. The van der Waals surface area contributed by atoms with Gasteiger partial charge < -0.3 is 9.84 Å². The molecule has 3 rings (SSSR count). The van der Waals surface area contributed by atoms with Crippen LogP contribution >= 0.6 is 11.3 Å². The first-order valence-corrected chi connectivity index (χ1v) is 7.72. The minimum absolute atomic E-state index is 0.274. The fourth-order valence-corrected chi connectivity index (χ4v) is 3.06. The van der Waals surface area contributed by atoms with Gasteiger partial charge in [0, 0.05) is 5.56 Å². The average molecular weight is 299 g/mol. The van der Waals surface area contributed by atoms with Gasteiger partial charge in [-0.2, -0.15) is 0 Å². The molecular formula is C17H17NO2S. The first-order valence-electron chi connectivity index (χ1n) is 6.91. The number of para-hydroxylation sites is 1. The number of nitrogens with zero attached hydrogens (tertiary/aromatic N) is 1. The van der Waals surface area contributed by atoms with Crippen LogP contribution < -0.4 is 4.74 Å². The number of fused-ring (bicyclic) bond motifs is 1. The molecule has 0 amide bonds. The Morgan fingerprint density at radius 1 is 1.19 bits per heavy atom. The molecule has 0 bridgehead atoms. The third-order valence-corrected chi connectivity index (χ3v) is 4.23. The Hall–Kier alpha value is -1.91. The molecule has 0 aliphatic rings. The van der Waals surface area contributed by atoms with Crippen molar-refractivity contribution in [2.24, 2.45) is 0 Å². The molecule has 4 heteroatoms. The van der Waals surface area contributed by atoms with Crippen LogP contribution in [-0.2, 0) is 0 Å². The summed E-state index contributed by atoms with van der Waals surface area (Å²) in [6, 6.07) is 14.2.